The first-order valence-corrected chi connectivity index (χ1v) is 8.48. The maximum absolute atomic E-state index is 12.3. The summed E-state index contributed by atoms with van der Waals surface area (Å²) in [5.41, 5.74) is 1.30. The molecule has 8 nitrogen and oxygen atoms in total. The number of benzene rings is 1. The summed E-state index contributed by atoms with van der Waals surface area (Å²) in [6.45, 7) is 4.55. The lowest BCUT2D eigenvalue weighted by Gasteiger charge is -2.18. The van der Waals surface area contributed by atoms with Crippen molar-refractivity contribution in [3.8, 4) is 0 Å². The minimum absolute atomic E-state index is 0.132. The number of hydrogen-bond donors (Lipinski definition) is 2. The van der Waals surface area contributed by atoms with Crippen LogP contribution < -0.4 is 10.6 Å². The first-order valence-electron chi connectivity index (χ1n) is 8.48. The predicted molar refractivity (Wildman–Crippen MR) is 100 cm³/mol. The van der Waals surface area contributed by atoms with Crippen LogP contribution in [0.2, 0.25) is 0 Å². The summed E-state index contributed by atoms with van der Waals surface area (Å²) in [7, 11) is 1.29. The molecule has 0 saturated heterocycles. The van der Waals surface area contributed by atoms with Gasteiger partial charge in [0.25, 0.3) is 0 Å². The van der Waals surface area contributed by atoms with Crippen LogP contribution in [0.15, 0.2) is 40.8 Å². The van der Waals surface area contributed by atoms with Crippen LogP contribution in [0.4, 0.5) is 11.4 Å². The zero-order valence-corrected chi connectivity index (χ0v) is 15.6. The molecule has 0 radical (unpaired) electrons. The van der Waals surface area contributed by atoms with Crippen molar-refractivity contribution in [2.45, 2.75) is 20.4 Å². The van der Waals surface area contributed by atoms with E-state index in [4.69, 9.17) is 4.42 Å². The van der Waals surface area contributed by atoms with Gasteiger partial charge in [-0.2, -0.15) is 0 Å². The van der Waals surface area contributed by atoms with Gasteiger partial charge in [0.05, 0.1) is 20.2 Å². The van der Waals surface area contributed by atoms with E-state index >= 15 is 0 Å². The van der Waals surface area contributed by atoms with Crippen LogP contribution in [-0.4, -0.2) is 42.9 Å². The van der Waals surface area contributed by atoms with Crippen molar-refractivity contribution >= 4 is 29.2 Å². The van der Waals surface area contributed by atoms with Gasteiger partial charge in [-0.25, -0.2) is 4.79 Å². The number of carbonyl (C=O) groups excluding carboxylic acids is 3. The number of likely N-dealkylation sites (N-methyl/N-ethyl adjacent to an activating group) is 1. The van der Waals surface area contributed by atoms with Crippen molar-refractivity contribution in [1.29, 1.82) is 0 Å². The summed E-state index contributed by atoms with van der Waals surface area (Å²) >= 11 is 0. The minimum Gasteiger partial charge on any atom is -0.463 e. The van der Waals surface area contributed by atoms with Gasteiger partial charge < -0.3 is 19.8 Å². The molecular weight excluding hydrogens is 350 g/mol. The van der Waals surface area contributed by atoms with E-state index in [1.165, 1.54) is 14.0 Å². The van der Waals surface area contributed by atoms with Crippen molar-refractivity contribution in [3.05, 3.63) is 47.9 Å². The minimum atomic E-state index is -0.537. The van der Waals surface area contributed by atoms with Gasteiger partial charge in [-0.15, -0.1) is 0 Å². The lowest BCUT2D eigenvalue weighted by Crippen LogP contribution is -2.32. The van der Waals surface area contributed by atoms with E-state index in [0.29, 0.717) is 30.2 Å². The lowest BCUT2D eigenvalue weighted by molar-refractivity contribution is -0.117. The van der Waals surface area contributed by atoms with E-state index in [2.05, 4.69) is 15.4 Å². The molecule has 0 aliphatic carbocycles. The van der Waals surface area contributed by atoms with E-state index in [1.807, 2.05) is 11.8 Å². The number of amides is 2. The van der Waals surface area contributed by atoms with Gasteiger partial charge in [-0.05, 0) is 42.9 Å². The van der Waals surface area contributed by atoms with Gasteiger partial charge >= 0.3 is 5.97 Å². The van der Waals surface area contributed by atoms with Gasteiger partial charge in [0.2, 0.25) is 17.6 Å². The van der Waals surface area contributed by atoms with E-state index in [1.54, 1.807) is 36.4 Å². The number of ether oxygens (including phenoxy) is 1. The molecule has 0 aliphatic rings. The molecule has 0 unspecified atom stereocenters. The van der Waals surface area contributed by atoms with Crippen LogP contribution in [-0.2, 0) is 20.9 Å². The first kappa shape index (κ1) is 20.2. The Kier molecular flexibility index (Phi) is 7.13. The predicted octanol–water partition coefficient (Wildman–Crippen LogP) is 2.49. The Morgan fingerprint density at radius 2 is 1.67 bits per heavy atom. The third-order valence-electron chi connectivity index (χ3n) is 3.73. The molecule has 1 aromatic heterocycles. The Morgan fingerprint density at radius 3 is 2.22 bits per heavy atom. The normalized spacial score (nSPS) is 10.5. The second kappa shape index (κ2) is 9.54. The second-order valence-corrected chi connectivity index (χ2v) is 5.87. The van der Waals surface area contributed by atoms with Crippen LogP contribution in [0.3, 0.4) is 0 Å². The van der Waals surface area contributed by atoms with E-state index in [0.717, 1.165) is 0 Å². The van der Waals surface area contributed by atoms with Crippen molar-refractivity contribution in [2.75, 3.05) is 30.8 Å². The number of carbonyl (C=O) groups is 3. The molecule has 1 aromatic carbocycles. The molecule has 2 amide bonds. The zero-order chi connectivity index (χ0) is 19.8. The van der Waals surface area contributed by atoms with Gasteiger partial charge in [-0.1, -0.05) is 6.92 Å². The summed E-state index contributed by atoms with van der Waals surface area (Å²) in [6.07, 6.45) is 0. The van der Waals surface area contributed by atoms with Crippen molar-refractivity contribution in [3.63, 3.8) is 0 Å². The first-order chi connectivity index (χ1) is 12.9. The van der Waals surface area contributed by atoms with Gasteiger partial charge in [-0.3, -0.25) is 14.5 Å². The molecule has 27 heavy (non-hydrogen) atoms. The Balaban J connectivity index is 1.89. The Bertz CT molecular complexity index is 798. The number of rotatable bonds is 8. The monoisotopic (exact) mass is 373 g/mol. The standard InChI is InChI=1S/C19H23N3O5/c1-4-22(11-16-9-10-17(27-16)19(25)26-3)12-18(24)21-15-7-5-14(6-8-15)20-13(2)23/h5-10H,4,11-12H2,1-3H3,(H,20,23)(H,21,24). The topological polar surface area (TPSA) is 101 Å². The summed E-state index contributed by atoms with van der Waals surface area (Å²) in [4.78, 5) is 36.6. The van der Waals surface area contributed by atoms with E-state index in [9.17, 15) is 14.4 Å². The summed E-state index contributed by atoms with van der Waals surface area (Å²) in [5.74, 6) is -0.163. The number of furan rings is 1. The molecular formula is C19H23N3O5. The molecule has 0 spiro atoms. The quantitative estimate of drug-likeness (QED) is 0.690. The largest absolute Gasteiger partial charge is 0.463 e. The zero-order valence-electron chi connectivity index (χ0n) is 15.6. The smallest absolute Gasteiger partial charge is 0.373 e. The molecule has 0 fully saturated rings. The molecule has 2 rings (SSSR count). The molecule has 0 saturated carbocycles. The van der Waals surface area contributed by atoms with Gasteiger partial charge in [0.15, 0.2) is 0 Å². The maximum atomic E-state index is 12.3. The highest BCUT2D eigenvalue weighted by molar-refractivity contribution is 5.93. The number of nitrogens with zero attached hydrogens (tertiary/aromatic N) is 1. The molecule has 8 heteroatoms. The SMILES string of the molecule is CCN(CC(=O)Nc1ccc(NC(C)=O)cc1)Cc1ccc(C(=O)OC)o1. The summed E-state index contributed by atoms with van der Waals surface area (Å²) < 4.78 is 10.0. The van der Waals surface area contributed by atoms with Crippen LogP contribution in [0.1, 0.15) is 30.2 Å². The molecule has 0 aliphatic heterocycles. The van der Waals surface area contributed by atoms with E-state index in [-0.39, 0.29) is 24.1 Å². The summed E-state index contributed by atoms with van der Waals surface area (Å²) in [5, 5.41) is 5.47. The fourth-order valence-electron chi connectivity index (χ4n) is 2.42. The number of hydrogen-bond acceptors (Lipinski definition) is 6. The van der Waals surface area contributed by atoms with Crippen molar-refractivity contribution < 1.29 is 23.5 Å². The highest BCUT2D eigenvalue weighted by Gasteiger charge is 2.15. The fourth-order valence-corrected chi connectivity index (χ4v) is 2.42. The highest BCUT2D eigenvalue weighted by Crippen LogP contribution is 2.14. The molecule has 1 heterocycles. The fraction of sp³-hybridized carbons (Fsp3) is 0.316. The van der Waals surface area contributed by atoms with Crippen LogP contribution >= 0.6 is 0 Å². The third-order valence-corrected chi connectivity index (χ3v) is 3.73. The molecule has 0 atom stereocenters. The van der Waals surface area contributed by atoms with Gasteiger partial charge in [0.1, 0.15) is 5.76 Å². The van der Waals surface area contributed by atoms with Crippen LogP contribution in [0.25, 0.3) is 0 Å². The molecule has 2 N–H and O–H groups in total. The summed E-state index contributed by atoms with van der Waals surface area (Å²) in [6, 6.07) is 10.1. The number of esters is 1. The average molecular weight is 373 g/mol. The van der Waals surface area contributed by atoms with Gasteiger partial charge in [0, 0.05) is 18.3 Å². The molecule has 0 bridgehead atoms. The highest BCUT2D eigenvalue weighted by atomic mass is 16.5. The Morgan fingerprint density at radius 1 is 1.04 bits per heavy atom. The van der Waals surface area contributed by atoms with Crippen LogP contribution in [0, 0.1) is 0 Å². The van der Waals surface area contributed by atoms with Crippen molar-refractivity contribution in [1.82, 2.24) is 4.90 Å². The van der Waals surface area contributed by atoms with Crippen molar-refractivity contribution in [2.24, 2.45) is 0 Å². The number of nitrogens with one attached hydrogen (secondary N) is 2. The molecule has 144 valence electrons. The maximum Gasteiger partial charge on any atom is 0.373 e. The average Bonchev–Trinajstić information content (AvgIpc) is 3.10. The van der Waals surface area contributed by atoms with Crippen LogP contribution in [0.5, 0.6) is 0 Å². The Hall–Kier alpha value is -3.13. The lowest BCUT2D eigenvalue weighted by atomic mass is 10.2. The third kappa shape index (κ3) is 6.27. The molecule has 2 aromatic rings. The number of methoxy groups -OCH3 is 1. The Labute approximate surface area is 157 Å². The second-order valence-electron chi connectivity index (χ2n) is 5.87. The number of anilines is 2. The van der Waals surface area contributed by atoms with E-state index < -0.39 is 5.97 Å².